The average Bonchev–Trinajstić information content (AvgIpc) is 2.70. The van der Waals surface area contributed by atoms with Crippen LogP contribution in [0.25, 0.3) is 0 Å². The molecule has 3 fully saturated rings. The molecule has 4 aliphatic carbocycles. The van der Waals surface area contributed by atoms with Gasteiger partial charge in [0.1, 0.15) is 5.76 Å². The first-order chi connectivity index (χ1) is 10.3. The first kappa shape index (κ1) is 14.7. The second-order valence-electron chi connectivity index (χ2n) is 8.61. The zero-order chi connectivity index (χ0) is 15.8. The molecule has 2 N–H and O–H groups in total. The molecule has 2 unspecified atom stereocenters. The van der Waals surface area contributed by atoms with Crippen LogP contribution < -0.4 is 0 Å². The molecule has 0 saturated heterocycles. The molecule has 0 heterocycles. The summed E-state index contributed by atoms with van der Waals surface area (Å²) in [6, 6.07) is 0. The number of halogens is 1. The van der Waals surface area contributed by atoms with Gasteiger partial charge in [-0.05, 0) is 73.3 Å². The summed E-state index contributed by atoms with van der Waals surface area (Å²) in [5, 5.41) is 20.1. The van der Waals surface area contributed by atoms with Gasteiger partial charge in [-0.25, -0.2) is 4.39 Å². The summed E-state index contributed by atoms with van der Waals surface area (Å²) in [5.41, 5.74) is -0.485. The van der Waals surface area contributed by atoms with E-state index in [1.165, 1.54) is 0 Å². The Morgan fingerprint density at radius 1 is 1.09 bits per heavy atom. The Bertz CT molecular complexity index is 552. The van der Waals surface area contributed by atoms with E-state index in [9.17, 15) is 14.6 Å². The third kappa shape index (κ3) is 1.69. The minimum atomic E-state index is -1.99. The predicted octanol–water partition coefficient (Wildman–Crippen LogP) is 4.52. The molecule has 3 saturated carbocycles. The molecule has 7 atom stereocenters. The standard InChI is InChI=1S/C19H27FO2/c1-17-8-5-13(21)11-12(17)3-4-14-15(17)6-9-18(2)16(14)7-10-19(18,20)22/h5,8,11-12,14-16,21-22H,3-4,6-7,9-10H2,1-2H3/t12?,14-,15-,16+,17+,18+,19?/m1/s1. The SMILES string of the molecule is C[C@]12C=CC(O)=CC1CC[C@@H]1[C@H]2CC[C@@]2(C)[C@H]1CCC2(O)F. The lowest BCUT2D eigenvalue weighted by Gasteiger charge is -2.58. The highest BCUT2D eigenvalue weighted by atomic mass is 19.2. The van der Waals surface area contributed by atoms with Gasteiger partial charge in [-0.1, -0.05) is 19.9 Å². The van der Waals surface area contributed by atoms with Gasteiger partial charge in [0, 0.05) is 11.8 Å². The van der Waals surface area contributed by atoms with Crippen molar-refractivity contribution in [3.63, 3.8) is 0 Å². The van der Waals surface area contributed by atoms with Crippen LogP contribution in [0.5, 0.6) is 0 Å². The van der Waals surface area contributed by atoms with Crippen LogP contribution in [-0.4, -0.2) is 16.1 Å². The Morgan fingerprint density at radius 2 is 1.82 bits per heavy atom. The Hall–Kier alpha value is -0.830. The number of rotatable bonds is 0. The van der Waals surface area contributed by atoms with Gasteiger partial charge >= 0.3 is 0 Å². The van der Waals surface area contributed by atoms with Gasteiger partial charge in [-0.2, -0.15) is 0 Å². The largest absolute Gasteiger partial charge is 0.508 e. The molecule has 4 rings (SSSR count). The van der Waals surface area contributed by atoms with Crippen LogP contribution >= 0.6 is 0 Å². The number of allylic oxidation sites excluding steroid dienone is 3. The molecule has 0 aromatic carbocycles. The Kier molecular flexibility index (Phi) is 2.93. The number of hydrogen-bond acceptors (Lipinski definition) is 2. The second kappa shape index (κ2) is 4.37. The Balaban J connectivity index is 1.68. The van der Waals surface area contributed by atoms with E-state index in [0.29, 0.717) is 35.9 Å². The monoisotopic (exact) mass is 306 g/mol. The molecule has 4 aliphatic rings. The van der Waals surface area contributed by atoms with Crippen LogP contribution in [0.2, 0.25) is 0 Å². The van der Waals surface area contributed by atoms with Crippen LogP contribution in [0.1, 0.15) is 52.4 Å². The van der Waals surface area contributed by atoms with Crippen LogP contribution in [0, 0.1) is 34.5 Å². The summed E-state index contributed by atoms with van der Waals surface area (Å²) < 4.78 is 14.7. The summed E-state index contributed by atoms with van der Waals surface area (Å²) >= 11 is 0. The fourth-order valence-electron chi connectivity index (χ4n) is 6.42. The number of alkyl halides is 1. The molecular formula is C19H27FO2. The maximum absolute atomic E-state index is 14.7. The van der Waals surface area contributed by atoms with Crippen molar-refractivity contribution in [3.8, 4) is 0 Å². The maximum atomic E-state index is 14.7. The third-order valence-electron chi connectivity index (χ3n) is 7.88. The van der Waals surface area contributed by atoms with Crippen molar-refractivity contribution in [1.82, 2.24) is 0 Å². The number of hydrogen-bond donors (Lipinski definition) is 2. The summed E-state index contributed by atoms with van der Waals surface area (Å²) in [6.07, 6.45) is 11.1. The molecule has 0 aromatic heterocycles. The highest BCUT2D eigenvalue weighted by Gasteiger charge is 2.64. The van der Waals surface area contributed by atoms with Crippen molar-refractivity contribution >= 4 is 0 Å². The molecule has 122 valence electrons. The first-order valence-corrected chi connectivity index (χ1v) is 8.79. The lowest BCUT2D eigenvalue weighted by atomic mass is 9.47. The van der Waals surface area contributed by atoms with Crippen molar-refractivity contribution < 1.29 is 14.6 Å². The van der Waals surface area contributed by atoms with E-state index in [0.717, 1.165) is 32.1 Å². The van der Waals surface area contributed by atoms with E-state index < -0.39 is 11.3 Å². The fourth-order valence-corrected chi connectivity index (χ4v) is 6.42. The van der Waals surface area contributed by atoms with Crippen molar-refractivity contribution in [3.05, 3.63) is 24.0 Å². The third-order valence-corrected chi connectivity index (χ3v) is 7.88. The zero-order valence-electron chi connectivity index (χ0n) is 13.6. The zero-order valence-corrected chi connectivity index (χ0v) is 13.6. The molecule has 0 spiro atoms. The molecule has 0 aromatic rings. The smallest absolute Gasteiger partial charge is 0.212 e. The van der Waals surface area contributed by atoms with Gasteiger partial charge in [0.2, 0.25) is 5.85 Å². The van der Waals surface area contributed by atoms with E-state index in [-0.39, 0.29) is 5.41 Å². The maximum Gasteiger partial charge on any atom is 0.212 e. The number of aliphatic hydroxyl groups is 2. The molecule has 3 heteroatoms. The fraction of sp³-hybridized carbons (Fsp3) is 0.789. The van der Waals surface area contributed by atoms with Crippen LogP contribution in [0.4, 0.5) is 4.39 Å². The van der Waals surface area contributed by atoms with E-state index in [1.54, 1.807) is 0 Å². The molecule has 0 aliphatic heterocycles. The lowest BCUT2D eigenvalue weighted by molar-refractivity contribution is -0.201. The van der Waals surface area contributed by atoms with Gasteiger partial charge in [0.05, 0.1) is 0 Å². The van der Waals surface area contributed by atoms with Crippen molar-refractivity contribution in [2.45, 2.75) is 58.2 Å². The normalized spacial score (nSPS) is 56.8. The van der Waals surface area contributed by atoms with E-state index in [4.69, 9.17) is 0 Å². The molecule has 22 heavy (non-hydrogen) atoms. The van der Waals surface area contributed by atoms with Crippen molar-refractivity contribution in [2.75, 3.05) is 0 Å². The average molecular weight is 306 g/mol. The van der Waals surface area contributed by atoms with E-state index >= 15 is 0 Å². The van der Waals surface area contributed by atoms with E-state index in [1.807, 2.05) is 19.1 Å². The van der Waals surface area contributed by atoms with E-state index in [2.05, 4.69) is 13.0 Å². The Morgan fingerprint density at radius 3 is 2.59 bits per heavy atom. The van der Waals surface area contributed by atoms with Crippen molar-refractivity contribution in [1.29, 1.82) is 0 Å². The molecule has 0 bridgehead atoms. The number of aliphatic hydroxyl groups excluding tert-OH is 1. The topological polar surface area (TPSA) is 40.5 Å². The molecular weight excluding hydrogens is 279 g/mol. The summed E-state index contributed by atoms with van der Waals surface area (Å²) in [6.45, 7) is 4.28. The molecule has 2 nitrogen and oxygen atoms in total. The summed E-state index contributed by atoms with van der Waals surface area (Å²) in [4.78, 5) is 0. The van der Waals surface area contributed by atoms with Crippen LogP contribution in [0.3, 0.4) is 0 Å². The lowest BCUT2D eigenvalue weighted by Crippen LogP contribution is -2.54. The van der Waals surface area contributed by atoms with Crippen LogP contribution in [0.15, 0.2) is 24.0 Å². The number of fused-ring (bicyclic) bond motifs is 5. The van der Waals surface area contributed by atoms with Gasteiger partial charge in [-0.15, -0.1) is 0 Å². The van der Waals surface area contributed by atoms with Gasteiger partial charge in [0.15, 0.2) is 0 Å². The summed E-state index contributed by atoms with van der Waals surface area (Å²) in [5.74, 6) is 0.143. The minimum absolute atomic E-state index is 0.0769. The minimum Gasteiger partial charge on any atom is -0.508 e. The highest BCUT2D eigenvalue weighted by Crippen LogP contribution is 2.67. The predicted molar refractivity (Wildman–Crippen MR) is 83.8 cm³/mol. The Labute approximate surface area is 132 Å². The van der Waals surface area contributed by atoms with Crippen LogP contribution in [-0.2, 0) is 0 Å². The van der Waals surface area contributed by atoms with Crippen molar-refractivity contribution in [2.24, 2.45) is 34.5 Å². The van der Waals surface area contributed by atoms with Gasteiger partial charge in [-0.3, -0.25) is 0 Å². The molecule has 0 radical (unpaired) electrons. The molecule has 0 amide bonds. The highest BCUT2D eigenvalue weighted by molar-refractivity contribution is 5.27. The summed E-state index contributed by atoms with van der Waals surface area (Å²) in [7, 11) is 0. The quantitative estimate of drug-likeness (QED) is 0.691. The second-order valence-corrected chi connectivity index (χ2v) is 8.61. The first-order valence-electron chi connectivity index (χ1n) is 8.79. The van der Waals surface area contributed by atoms with Gasteiger partial charge < -0.3 is 10.2 Å². The van der Waals surface area contributed by atoms with Gasteiger partial charge in [0.25, 0.3) is 0 Å².